The third-order valence-corrected chi connectivity index (χ3v) is 7.41. The molecule has 1 unspecified atom stereocenters. The Morgan fingerprint density at radius 3 is 2.29 bits per heavy atom. The third-order valence-electron chi connectivity index (χ3n) is 6.16. The first kappa shape index (κ1) is 14.5. The molecule has 4 aliphatic rings. The topological polar surface area (TPSA) is 38.0 Å². The Labute approximate surface area is 136 Å². The van der Waals surface area contributed by atoms with Gasteiger partial charge in [-0.1, -0.05) is 11.6 Å². The Hall–Kier alpha value is -0.0900. The maximum absolute atomic E-state index is 6.05. The largest absolute Gasteiger partial charge is 0.271 e. The van der Waals surface area contributed by atoms with Crippen molar-refractivity contribution in [3.05, 3.63) is 21.3 Å². The fourth-order valence-electron chi connectivity index (χ4n) is 5.96. The van der Waals surface area contributed by atoms with Crippen LogP contribution in [-0.2, 0) is 6.42 Å². The van der Waals surface area contributed by atoms with Gasteiger partial charge in [0.1, 0.15) is 0 Å². The van der Waals surface area contributed by atoms with Crippen molar-refractivity contribution in [3.63, 3.8) is 0 Å². The van der Waals surface area contributed by atoms with Gasteiger partial charge in [-0.25, -0.2) is 0 Å². The Morgan fingerprint density at radius 1 is 1.19 bits per heavy atom. The van der Waals surface area contributed by atoms with E-state index in [2.05, 4.69) is 11.5 Å². The van der Waals surface area contributed by atoms with Crippen LogP contribution >= 0.6 is 22.9 Å². The lowest BCUT2D eigenvalue weighted by Crippen LogP contribution is -2.50. The molecule has 0 spiro atoms. The fraction of sp³-hybridized carbons (Fsp3) is 0.765. The Morgan fingerprint density at radius 2 is 1.81 bits per heavy atom. The minimum atomic E-state index is 0.399. The average Bonchev–Trinajstić information content (AvgIpc) is 2.81. The minimum Gasteiger partial charge on any atom is -0.271 e. The van der Waals surface area contributed by atoms with E-state index in [4.69, 9.17) is 17.4 Å². The van der Waals surface area contributed by atoms with Gasteiger partial charge in [-0.2, -0.15) is 0 Å². The average molecular weight is 325 g/mol. The van der Waals surface area contributed by atoms with Gasteiger partial charge in [0.15, 0.2) is 0 Å². The van der Waals surface area contributed by atoms with Gasteiger partial charge in [0.2, 0.25) is 0 Å². The zero-order chi connectivity index (χ0) is 14.4. The molecule has 1 aromatic heterocycles. The van der Waals surface area contributed by atoms with Gasteiger partial charge in [-0.15, -0.1) is 11.3 Å². The first-order chi connectivity index (χ1) is 10.1. The van der Waals surface area contributed by atoms with Crippen molar-refractivity contribution in [1.82, 2.24) is 5.43 Å². The van der Waals surface area contributed by atoms with Crippen LogP contribution in [0.1, 0.15) is 49.8 Å². The van der Waals surface area contributed by atoms with E-state index in [9.17, 15) is 0 Å². The van der Waals surface area contributed by atoms with Crippen molar-refractivity contribution in [1.29, 1.82) is 0 Å². The zero-order valence-electron chi connectivity index (χ0n) is 12.5. The molecular formula is C17H25ClN2S. The predicted molar refractivity (Wildman–Crippen MR) is 89.4 cm³/mol. The van der Waals surface area contributed by atoms with Crippen LogP contribution in [0.25, 0.3) is 0 Å². The second kappa shape index (κ2) is 5.52. The van der Waals surface area contributed by atoms with Crippen LogP contribution in [0.4, 0.5) is 0 Å². The molecule has 0 aromatic carbocycles. The van der Waals surface area contributed by atoms with Crippen molar-refractivity contribution < 1.29 is 0 Å². The van der Waals surface area contributed by atoms with Crippen LogP contribution in [0.5, 0.6) is 0 Å². The smallest absolute Gasteiger partial charge is 0.0931 e. The van der Waals surface area contributed by atoms with E-state index in [1.807, 2.05) is 6.07 Å². The molecule has 5 rings (SSSR count). The van der Waals surface area contributed by atoms with E-state index in [1.54, 1.807) is 11.3 Å². The Kier molecular flexibility index (Phi) is 3.81. The second-order valence-corrected chi connectivity index (χ2v) is 9.69. The Bertz CT molecular complexity index is 477. The molecule has 4 aliphatic carbocycles. The predicted octanol–water partition coefficient (Wildman–Crippen LogP) is 4.38. The molecule has 4 fully saturated rings. The summed E-state index contributed by atoms with van der Waals surface area (Å²) < 4.78 is 0.885. The highest BCUT2D eigenvalue weighted by molar-refractivity contribution is 7.16. The molecule has 21 heavy (non-hydrogen) atoms. The van der Waals surface area contributed by atoms with Gasteiger partial charge in [0, 0.05) is 10.9 Å². The summed E-state index contributed by atoms with van der Waals surface area (Å²) in [6.07, 6.45) is 11.2. The molecule has 1 heterocycles. The van der Waals surface area contributed by atoms with Gasteiger partial charge in [-0.3, -0.25) is 11.3 Å². The van der Waals surface area contributed by atoms with Gasteiger partial charge < -0.3 is 0 Å². The quantitative estimate of drug-likeness (QED) is 0.623. The van der Waals surface area contributed by atoms with Gasteiger partial charge >= 0.3 is 0 Å². The van der Waals surface area contributed by atoms with Crippen LogP contribution in [-0.4, -0.2) is 6.04 Å². The van der Waals surface area contributed by atoms with E-state index in [1.165, 1.54) is 49.8 Å². The number of hydrazine groups is 1. The molecule has 0 radical (unpaired) electrons. The molecule has 0 amide bonds. The summed E-state index contributed by atoms with van der Waals surface area (Å²) in [5.74, 6) is 8.94. The monoisotopic (exact) mass is 324 g/mol. The number of nitrogens with one attached hydrogen (secondary N) is 1. The summed E-state index contributed by atoms with van der Waals surface area (Å²) in [4.78, 5) is 1.35. The number of thiophene rings is 1. The standard InChI is InChI=1S/C17H25ClN2S/c18-16-2-1-15(21-16)6-14(20-19)10-17-7-11-3-12(8-17)5-13(4-11)9-17/h1-2,11-14,20H,3-10,19H2. The van der Waals surface area contributed by atoms with Crippen LogP contribution in [0.15, 0.2) is 12.1 Å². The van der Waals surface area contributed by atoms with Gasteiger partial charge in [-0.05, 0) is 86.7 Å². The molecule has 2 nitrogen and oxygen atoms in total. The summed E-state index contributed by atoms with van der Waals surface area (Å²) in [7, 11) is 0. The van der Waals surface area contributed by atoms with E-state index < -0.39 is 0 Å². The SMILES string of the molecule is NNC(Cc1ccc(Cl)s1)CC12CC3CC(CC(C3)C1)C2. The summed E-state index contributed by atoms with van der Waals surface area (Å²) >= 11 is 7.75. The zero-order valence-corrected chi connectivity index (χ0v) is 14.1. The lowest BCUT2D eigenvalue weighted by Gasteiger charge is -2.57. The first-order valence-electron chi connectivity index (χ1n) is 8.34. The summed E-state index contributed by atoms with van der Waals surface area (Å²) in [6.45, 7) is 0. The third kappa shape index (κ3) is 2.90. The summed E-state index contributed by atoms with van der Waals surface area (Å²) in [5.41, 5.74) is 3.69. The first-order valence-corrected chi connectivity index (χ1v) is 9.54. The molecule has 116 valence electrons. The number of nitrogens with two attached hydrogens (primary N) is 1. The van der Waals surface area contributed by atoms with Gasteiger partial charge in [0.25, 0.3) is 0 Å². The van der Waals surface area contributed by atoms with Crippen molar-refractivity contribution in [3.8, 4) is 0 Å². The highest BCUT2D eigenvalue weighted by Crippen LogP contribution is 2.61. The number of hydrogen-bond donors (Lipinski definition) is 2. The van der Waals surface area contributed by atoms with Crippen molar-refractivity contribution in [2.24, 2.45) is 29.0 Å². The normalized spacial score (nSPS) is 38.9. The molecule has 4 saturated carbocycles. The minimum absolute atomic E-state index is 0.399. The molecule has 4 bridgehead atoms. The van der Waals surface area contributed by atoms with E-state index in [0.717, 1.165) is 28.5 Å². The molecule has 3 N–H and O–H groups in total. The molecule has 1 aromatic rings. The van der Waals surface area contributed by atoms with Crippen molar-refractivity contribution in [2.75, 3.05) is 0 Å². The maximum Gasteiger partial charge on any atom is 0.0931 e. The number of hydrogen-bond acceptors (Lipinski definition) is 3. The maximum atomic E-state index is 6.05. The van der Waals surface area contributed by atoms with Crippen molar-refractivity contribution >= 4 is 22.9 Å². The number of rotatable bonds is 5. The molecule has 1 atom stereocenters. The molecule has 4 heteroatoms. The van der Waals surface area contributed by atoms with E-state index in [-0.39, 0.29) is 0 Å². The summed E-state index contributed by atoms with van der Waals surface area (Å²) in [5, 5.41) is 0. The van der Waals surface area contributed by atoms with Crippen LogP contribution < -0.4 is 11.3 Å². The highest BCUT2D eigenvalue weighted by Gasteiger charge is 2.51. The van der Waals surface area contributed by atoms with Crippen LogP contribution in [0.3, 0.4) is 0 Å². The summed E-state index contributed by atoms with van der Waals surface area (Å²) in [6, 6.07) is 4.55. The molecule has 0 saturated heterocycles. The molecule has 0 aliphatic heterocycles. The van der Waals surface area contributed by atoms with E-state index in [0.29, 0.717) is 11.5 Å². The number of halogens is 1. The van der Waals surface area contributed by atoms with E-state index >= 15 is 0 Å². The second-order valence-electron chi connectivity index (χ2n) is 7.90. The van der Waals surface area contributed by atoms with Crippen molar-refractivity contribution in [2.45, 2.75) is 57.4 Å². The van der Waals surface area contributed by atoms with Crippen LogP contribution in [0.2, 0.25) is 4.34 Å². The van der Waals surface area contributed by atoms with Gasteiger partial charge in [0.05, 0.1) is 4.34 Å². The van der Waals surface area contributed by atoms with Crippen LogP contribution in [0, 0.1) is 23.2 Å². The molecular weight excluding hydrogens is 300 g/mol. The lowest BCUT2D eigenvalue weighted by atomic mass is 9.48. The highest BCUT2D eigenvalue weighted by atomic mass is 35.5. The fourth-order valence-corrected chi connectivity index (χ4v) is 7.12. The lowest BCUT2D eigenvalue weighted by molar-refractivity contribution is -0.0619. The Balaban J connectivity index is 1.46.